The Bertz CT molecular complexity index is 643. The van der Waals surface area contributed by atoms with Crippen molar-refractivity contribution in [3.05, 3.63) is 30.0 Å². The van der Waals surface area contributed by atoms with Crippen LogP contribution in [0.15, 0.2) is 24.4 Å². The van der Waals surface area contributed by atoms with Crippen molar-refractivity contribution in [2.75, 3.05) is 18.6 Å². The van der Waals surface area contributed by atoms with Crippen LogP contribution in [0.5, 0.6) is 5.75 Å². The standard InChI is InChI=1S/C12H11F3N4O/c1-20-9-3-2-6(4-8(9)12(13,14)15)7-5-18-11(17)19-10(7)16/h2-5H,1H3,(H4,16,17,18,19). The number of methoxy groups -OCH3 is 1. The molecule has 0 aliphatic rings. The summed E-state index contributed by atoms with van der Waals surface area (Å²) in [5.41, 5.74) is 10.6. The van der Waals surface area contributed by atoms with E-state index in [0.717, 1.165) is 6.07 Å². The van der Waals surface area contributed by atoms with Crippen molar-refractivity contribution in [1.29, 1.82) is 0 Å². The number of hydrogen-bond donors (Lipinski definition) is 2. The lowest BCUT2D eigenvalue weighted by Gasteiger charge is -2.14. The highest BCUT2D eigenvalue weighted by atomic mass is 19.4. The molecule has 1 heterocycles. The molecule has 0 aliphatic heterocycles. The third-order valence-electron chi connectivity index (χ3n) is 2.65. The summed E-state index contributed by atoms with van der Waals surface area (Å²) >= 11 is 0. The minimum atomic E-state index is -4.54. The van der Waals surface area contributed by atoms with Crippen LogP contribution in [0.4, 0.5) is 24.9 Å². The quantitative estimate of drug-likeness (QED) is 0.883. The second-order valence-corrected chi connectivity index (χ2v) is 3.94. The molecule has 1 aromatic heterocycles. The van der Waals surface area contributed by atoms with E-state index in [0.29, 0.717) is 0 Å². The molecule has 0 aliphatic carbocycles. The first-order chi connectivity index (χ1) is 9.32. The molecule has 4 N–H and O–H groups in total. The summed E-state index contributed by atoms with van der Waals surface area (Å²) in [7, 11) is 1.17. The molecule has 0 saturated heterocycles. The van der Waals surface area contributed by atoms with Crippen LogP contribution in [0.25, 0.3) is 11.1 Å². The van der Waals surface area contributed by atoms with E-state index in [1.54, 1.807) is 0 Å². The van der Waals surface area contributed by atoms with Gasteiger partial charge in [0.15, 0.2) is 0 Å². The Morgan fingerprint density at radius 2 is 1.90 bits per heavy atom. The lowest BCUT2D eigenvalue weighted by atomic mass is 10.0. The maximum atomic E-state index is 12.9. The number of ether oxygens (including phenoxy) is 1. The van der Waals surface area contributed by atoms with E-state index in [-0.39, 0.29) is 28.6 Å². The molecule has 0 unspecified atom stereocenters. The van der Waals surface area contributed by atoms with Crippen LogP contribution >= 0.6 is 0 Å². The summed E-state index contributed by atoms with van der Waals surface area (Å²) < 4.78 is 43.5. The normalized spacial score (nSPS) is 11.4. The van der Waals surface area contributed by atoms with Gasteiger partial charge in [0, 0.05) is 11.8 Å². The largest absolute Gasteiger partial charge is 0.496 e. The Balaban J connectivity index is 2.59. The van der Waals surface area contributed by atoms with Gasteiger partial charge in [-0.3, -0.25) is 0 Å². The van der Waals surface area contributed by atoms with Gasteiger partial charge in [-0.25, -0.2) is 4.98 Å². The molecule has 20 heavy (non-hydrogen) atoms. The van der Waals surface area contributed by atoms with Gasteiger partial charge in [0.25, 0.3) is 0 Å². The number of nitrogens with zero attached hydrogens (tertiary/aromatic N) is 2. The number of hydrogen-bond acceptors (Lipinski definition) is 5. The third-order valence-corrected chi connectivity index (χ3v) is 2.65. The molecule has 8 heteroatoms. The molecular weight excluding hydrogens is 273 g/mol. The summed E-state index contributed by atoms with van der Waals surface area (Å²) in [6.07, 6.45) is -3.26. The first kappa shape index (κ1) is 13.9. The van der Waals surface area contributed by atoms with E-state index in [1.807, 2.05) is 0 Å². The van der Waals surface area contributed by atoms with Crippen LogP contribution in [-0.2, 0) is 6.18 Å². The Morgan fingerprint density at radius 1 is 1.20 bits per heavy atom. The molecule has 0 bridgehead atoms. The van der Waals surface area contributed by atoms with E-state index < -0.39 is 11.7 Å². The number of halogens is 3. The number of nitrogens with two attached hydrogens (primary N) is 2. The maximum Gasteiger partial charge on any atom is 0.419 e. The van der Waals surface area contributed by atoms with E-state index >= 15 is 0 Å². The monoisotopic (exact) mass is 284 g/mol. The zero-order valence-corrected chi connectivity index (χ0v) is 10.4. The average Bonchev–Trinajstić information content (AvgIpc) is 2.37. The molecule has 2 aromatic rings. The number of aromatic nitrogens is 2. The number of nitrogen functional groups attached to an aromatic ring is 2. The maximum absolute atomic E-state index is 12.9. The molecule has 0 amide bonds. The minimum Gasteiger partial charge on any atom is -0.496 e. The van der Waals surface area contributed by atoms with Gasteiger partial charge in [0.2, 0.25) is 5.95 Å². The van der Waals surface area contributed by atoms with Crippen molar-refractivity contribution < 1.29 is 17.9 Å². The fourth-order valence-electron chi connectivity index (χ4n) is 1.73. The zero-order valence-electron chi connectivity index (χ0n) is 10.4. The van der Waals surface area contributed by atoms with Crippen LogP contribution in [0.1, 0.15) is 5.56 Å². The third kappa shape index (κ3) is 2.58. The Kier molecular flexibility index (Phi) is 3.39. The molecule has 5 nitrogen and oxygen atoms in total. The minimum absolute atomic E-state index is 0.00999. The molecule has 0 fully saturated rings. The van der Waals surface area contributed by atoms with Gasteiger partial charge in [0.1, 0.15) is 11.6 Å². The van der Waals surface area contributed by atoms with Gasteiger partial charge in [-0.2, -0.15) is 18.2 Å². The molecule has 0 radical (unpaired) electrons. The average molecular weight is 284 g/mol. The predicted molar refractivity (Wildman–Crippen MR) is 67.8 cm³/mol. The Hall–Kier alpha value is -2.51. The smallest absolute Gasteiger partial charge is 0.419 e. The van der Waals surface area contributed by atoms with Crippen molar-refractivity contribution in [1.82, 2.24) is 9.97 Å². The van der Waals surface area contributed by atoms with Gasteiger partial charge in [-0.05, 0) is 17.7 Å². The predicted octanol–water partition coefficient (Wildman–Crippen LogP) is 2.34. The van der Waals surface area contributed by atoms with Crippen LogP contribution in [0.2, 0.25) is 0 Å². The van der Waals surface area contributed by atoms with Crippen molar-refractivity contribution in [2.24, 2.45) is 0 Å². The Morgan fingerprint density at radius 3 is 2.45 bits per heavy atom. The summed E-state index contributed by atoms with van der Waals surface area (Å²) in [6.45, 7) is 0. The zero-order chi connectivity index (χ0) is 14.9. The second-order valence-electron chi connectivity index (χ2n) is 3.94. The molecule has 0 atom stereocenters. The molecule has 2 rings (SSSR count). The van der Waals surface area contributed by atoms with Crippen LogP contribution in [0, 0.1) is 0 Å². The first-order valence-electron chi connectivity index (χ1n) is 5.46. The van der Waals surface area contributed by atoms with Crippen molar-refractivity contribution in [3.63, 3.8) is 0 Å². The van der Waals surface area contributed by atoms with Crippen molar-refractivity contribution >= 4 is 11.8 Å². The van der Waals surface area contributed by atoms with E-state index in [4.69, 9.17) is 16.2 Å². The highest BCUT2D eigenvalue weighted by molar-refractivity contribution is 5.74. The lowest BCUT2D eigenvalue weighted by molar-refractivity contribution is -0.138. The van der Waals surface area contributed by atoms with Crippen LogP contribution in [-0.4, -0.2) is 17.1 Å². The molecule has 0 spiro atoms. The van der Waals surface area contributed by atoms with Gasteiger partial charge in [0.05, 0.1) is 12.7 Å². The van der Waals surface area contributed by atoms with Gasteiger partial charge in [-0.15, -0.1) is 0 Å². The number of benzene rings is 1. The summed E-state index contributed by atoms with van der Waals surface area (Å²) in [5, 5.41) is 0. The summed E-state index contributed by atoms with van der Waals surface area (Å²) in [4.78, 5) is 7.44. The van der Waals surface area contributed by atoms with E-state index in [2.05, 4.69) is 9.97 Å². The van der Waals surface area contributed by atoms with Gasteiger partial charge < -0.3 is 16.2 Å². The second kappa shape index (κ2) is 4.87. The van der Waals surface area contributed by atoms with Crippen LogP contribution < -0.4 is 16.2 Å². The molecular formula is C12H11F3N4O. The number of alkyl halides is 3. The number of anilines is 2. The van der Waals surface area contributed by atoms with Gasteiger partial charge >= 0.3 is 6.18 Å². The highest BCUT2D eigenvalue weighted by Gasteiger charge is 2.34. The fourth-order valence-corrected chi connectivity index (χ4v) is 1.73. The van der Waals surface area contributed by atoms with Crippen molar-refractivity contribution in [2.45, 2.75) is 6.18 Å². The lowest BCUT2D eigenvalue weighted by Crippen LogP contribution is -2.08. The summed E-state index contributed by atoms with van der Waals surface area (Å²) in [5.74, 6) is -0.303. The SMILES string of the molecule is COc1ccc(-c2cnc(N)nc2N)cc1C(F)(F)F. The van der Waals surface area contributed by atoms with Gasteiger partial charge in [-0.1, -0.05) is 6.07 Å². The highest BCUT2D eigenvalue weighted by Crippen LogP contribution is 2.39. The molecule has 1 aromatic carbocycles. The molecule has 106 valence electrons. The topological polar surface area (TPSA) is 87.0 Å². The van der Waals surface area contributed by atoms with Crippen molar-refractivity contribution in [3.8, 4) is 16.9 Å². The fraction of sp³-hybridized carbons (Fsp3) is 0.167. The molecule has 0 saturated carbocycles. The Labute approximate surface area is 112 Å². The first-order valence-corrected chi connectivity index (χ1v) is 5.46. The number of rotatable bonds is 2. The summed E-state index contributed by atoms with van der Waals surface area (Å²) in [6, 6.07) is 3.59. The van der Waals surface area contributed by atoms with E-state index in [1.165, 1.54) is 25.4 Å². The van der Waals surface area contributed by atoms with Crippen LogP contribution in [0.3, 0.4) is 0 Å². The van der Waals surface area contributed by atoms with E-state index in [9.17, 15) is 13.2 Å².